The highest BCUT2D eigenvalue weighted by Crippen LogP contribution is 2.17. The summed E-state index contributed by atoms with van der Waals surface area (Å²) in [7, 11) is 0. The minimum Gasteiger partial charge on any atom is -0.460 e. The van der Waals surface area contributed by atoms with Crippen molar-refractivity contribution < 1.29 is 13.9 Å². The first-order chi connectivity index (χ1) is 5.24. The fraction of sp³-hybridized carbons (Fsp3) is 0.800. The van der Waals surface area contributed by atoms with Crippen molar-refractivity contribution in [3.63, 3.8) is 0 Å². The number of hydrogen-bond donors (Lipinski definition) is 0. The van der Waals surface area contributed by atoms with Crippen molar-refractivity contribution in [2.45, 2.75) is 18.7 Å². The van der Waals surface area contributed by atoms with Gasteiger partial charge in [0.1, 0.15) is 6.10 Å². The van der Waals surface area contributed by atoms with E-state index in [1.165, 1.54) is 0 Å². The van der Waals surface area contributed by atoms with E-state index in [9.17, 15) is 9.18 Å². The van der Waals surface area contributed by atoms with E-state index in [1.807, 2.05) is 0 Å². The second-order valence-corrected chi connectivity index (χ2v) is 2.18. The Morgan fingerprint density at radius 3 is 3.09 bits per heavy atom. The van der Waals surface area contributed by atoms with Crippen molar-refractivity contribution in [3.8, 4) is 0 Å². The summed E-state index contributed by atoms with van der Waals surface area (Å²) in [5, 5.41) is 3.16. The topological polar surface area (TPSA) is 75.1 Å². The van der Waals surface area contributed by atoms with Crippen LogP contribution in [0.1, 0.15) is 6.42 Å². The second kappa shape index (κ2) is 3.21. The van der Waals surface area contributed by atoms with E-state index in [0.29, 0.717) is 0 Å². The first kappa shape index (κ1) is 7.81. The molecule has 0 spiro atoms. The van der Waals surface area contributed by atoms with E-state index in [4.69, 9.17) is 5.53 Å². The third-order valence-corrected chi connectivity index (χ3v) is 1.36. The van der Waals surface area contributed by atoms with Gasteiger partial charge < -0.3 is 4.74 Å². The summed E-state index contributed by atoms with van der Waals surface area (Å²) in [5.74, 6) is -0.858. The second-order valence-electron chi connectivity index (χ2n) is 2.18. The van der Waals surface area contributed by atoms with Crippen LogP contribution >= 0.6 is 0 Å². The van der Waals surface area contributed by atoms with Crippen molar-refractivity contribution in [3.05, 3.63) is 10.4 Å². The summed E-state index contributed by atoms with van der Waals surface area (Å²) in [6.07, 6.45) is -2.13. The van der Waals surface area contributed by atoms with E-state index < -0.39 is 18.2 Å². The molecule has 6 heteroatoms. The fourth-order valence-corrected chi connectivity index (χ4v) is 0.853. The number of hydrogen-bond acceptors (Lipinski definition) is 3. The van der Waals surface area contributed by atoms with Crippen LogP contribution in [0.3, 0.4) is 0 Å². The molecule has 0 radical (unpaired) electrons. The van der Waals surface area contributed by atoms with Gasteiger partial charge in [0.25, 0.3) is 0 Å². The summed E-state index contributed by atoms with van der Waals surface area (Å²) in [4.78, 5) is 12.9. The lowest BCUT2D eigenvalue weighted by Crippen LogP contribution is -2.09. The molecule has 11 heavy (non-hydrogen) atoms. The molecule has 5 nitrogen and oxygen atoms in total. The Labute approximate surface area is 61.8 Å². The maximum atomic E-state index is 12.4. The molecule has 0 bridgehead atoms. The Kier molecular flexibility index (Phi) is 2.28. The van der Waals surface area contributed by atoms with E-state index in [2.05, 4.69) is 14.8 Å². The minimum absolute atomic E-state index is 0.00213. The molecule has 1 rings (SSSR count). The van der Waals surface area contributed by atoms with Crippen LogP contribution in [0.2, 0.25) is 0 Å². The van der Waals surface area contributed by atoms with Crippen molar-refractivity contribution in [1.29, 1.82) is 0 Å². The minimum atomic E-state index is -1.55. The number of halogens is 1. The maximum Gasteiger partial charge on any atom is 0.341 e. The van der Waals surface area contributed by atoms with Crippen LogP contribution in [0.5, 0.6) is 0 Å². The lowest BCUT2D eigenvalue weighted by molar-refractivity contribution is -0.144. The van der Waals surface area contributed by atoms with Crippen molar-refractivity contribution >= 4 is 5.97 Å². The zero-order valence-corrected chi connectivity index (χ0v) is 5.61. The van der Waals surface area contributed by atoms with Crippen LogP contribution in [-0.4, -0.2) is 24.8 Å². The molecule has 1 saturated heterocycles. The summed E-state index contributed by atoms with van der Waals surface area (Å²) < 4.78 is 16.9. The lowest BCUT2D eigenvalue weighted by atomic mass is 10.2. The smallest absolute Gasteiger partial charge is 0.341 e. The van der Waals surface area contributed by atoms with Crippen LogP contribution in [0.4, 0.5) is 4.39 Å². The standard InChI is InChI=1S/C5H6FN3O2/c6-4-1-3(2-8-9-7)11-5(4)10/h3-4H,1-2H2. The SMILES string of the molecule is [N-]=[N+]=NCC1CC(F)C(=O)O1. The van der Waals surface area contributed by atoms with Gasteiger partial charge in [0.2, 0.25) is 6.17 Å². The molecular weight excluding hydrogens is 153 g/mol. The van der Waals surface area contributed by atoms with Gasteiger partial charge in [-0.2, -0.15) is 0 Å². The molecule has 0 saturated carbocycles. The average molecular weight is 159 g/mol. The third-order valence-electron chi connectivity index (χ3n) is 1.36. The van der Waals surface area contributed by atoms with Crippen LogP contribution in [0.15, 0.2) is 5.11 Å². The van der Waals surface area contributed by atoms with E-state index in [-0.39, 0.29) is 13.0 Å². The molecule has 0 N–H and O–H groups in total. The van der Waals surface area contributed by atoms with E-state index in [1.54, 1.807) is 0 Å². The predicted octanol–water partition coefficient (Wildman–Crippen LogP) is 0.950. The van der Waals surface area contributed by atoms with Crippen LogP contribution in [-0.2, 0) is 9.53 Å². The van der Waals surface area contributed by atoms with Crippen molar-refractivity contribution in [2.24, 2.45) is 5.11 Å². The Balaban J connectivity index is 2.40. The predicted molar refractivity (Wildman–Crippen MR) is 33.4 cm³/mol. The third kappa shape index (κ3) is 1.81. The van der Waals surface area contributed by atoms with Gasteiger partial charge in [0.15, 0.2) is 0 Å². The van der Waals surface area contributed by atoms with Gasteiger partial charge in [-0.3, -0.25) is 0 Å². The number of alkyl halides is 1. The van der Waals surface area contributed by atoms with Gasteiger partial charge in [0, 0.05) is 11.3 Å². The summed E-state index contributed by atoms with van der Waals surface area (Å²) in [5.41, 5.74) is 7.88. The molecular formula is C5H6FN3O2. The molecule has 0 aromatic heterocycles. The molecule has 60 valence electrons. The number of cyclic esters (lactones) is 1. The van der Waals surface area contributed by atoms with E-state index >= 15 is 0 Å². The Bertz CT molecular complexity index is 212. The molecule has 1 fully saturated rings. The highest BCUT2D eigenvalue weighted by atomic mass is 19.1. The number of rotatable bonds is 2. The lowest BCUT2D eigenvalue weighted by Gasteiger charge is -2.01. The number of nitrogens with zero attached hydrogens (tertiary/aromatic N) is 3. The van der Waals surface area contributed by atoms with Crippen molar-refractivity contribution in [1.82, 2.24) is 0 Å². The Morgan fingerprint density at radius 2 is 2.64 bits per heavy atom. The normalized spacial score (nSPS) is 29.4. The maximum absolute atomic E-state index is 12.4. The highest BCUT2D eigenvalue weighted by molar-refractivity contribution is 5.76. The number of carbonyl (C=O) groups is 1. The average Bonchev–Trinajstić information content (AvgIpc) is 2.28. The number of ether oxygens (including phenoxy) is 1. The molecule has 1 heterocycles. The summed E-state index contributed by atoms with van der Waals surface area (Å²) in [6, 6.07) is 0. The molecule has 0 amide bonds. The largest absolute Gasteiger partial charge is 0.460 e. The molecule has 0 aromatic carbocycles. The highest BCUT2D eigenvalue weighted by Gasteiger charge is 2.33. The van der Waals surface area contributed by atoms with Crippen LogP contribution in [0.25, 0.3) is 10.4 Å². The Hall–Kier alpha value is -1.29. The monoisotopic (exact) mass is 159 g/mol. The zero-order valence-electron chi connectivity index (χ0n) is 5.61. The first-order valence-electron chi connectivity index (χ1n) is 3.09. The van der Waals surface area contributed by atoms with Gasteiger partial charge in [-0.05, 0) is 5.53 Å². The van der Waals surface area contributed by atoms with Crippen LogP contribution < -0.4 is 0 Å². The van der Waals surface area contributed by atoms with E-state index in [0.717, 1.165) is 0 Å². The number of esters is 1. The summed E-state index contributed by atoms with van der Waals surface area (Å²) >= 11 is 0. The van der Waals surface area contributed by atoms with Gasteiger partial charge in [0.05, 0.1) is 6.54 Å². The summed E-state index contributed by atoms with van der Waals surface area (Å²) in [6.45, 7) is 0.0165. The van der Waals surface area contributed by atoms with Crippen LogP contribution in [0, 0.1) is 0 Å². The molecule has 0 aromatic rings. The van der Waals surface area contributed by atoms with Gasteiger partial charge in [-0.1, -0.05) is 5.11 Å². The molecule has 1 aliphatic heterocycles. The zero-order chi connectivity index (χ0) is 8.27. The molecule has 0 aliphatic carbocycles. The number of azide groups is 1. The quantitative estimate of drug-likeness (QED) is 0.260. The first-order valence-corrected chi connectivity index (χ1v) is 3.09. The van der Waals surface area contributed by atoms with Gasteiger partial charge >= 0.3 is 5.97 Å². The molecule has 1 aliphatic rings. The Morgan fingerprint density at radius 1 is 1.91 bits per heavy atom. The van der Waals surface area contributed by atoms with Gasteiger partial charge in [-0.15, -0.1) is 0 Å². The van der Waals surface area contributed by atoms with Crippen molar-refractivity contribution in [2.75, 3.05) is 6.54 Å². The van der Waals surface area contributed by atoms with Gasteiger partial charge in [-0.25, -0.2) is 9.18 Å². The number of carbonyl (C=O) groups excluding carboxylic acids is 1. The molecule has 2 unspecified atom stereocenters. The fourth-order valence-electron chi connectivity index (χ4n) is 0.853. The molecule has 2 atom stereocenters.